The molecule has 2 aliphatic rings. The molecule has 46 heavy (non-hydrogen) atoms. The van der Waals surface area contributed by atoms with Gasteiger partial charge in [0.05, 0.1) is 13.2 Å². The van der Waals surface area contributed by atoms with Gasteiger partial charge in [-0.15, -0.1) is 0 Å². The molecule has 8 atom stereocenters. The summed E-state index contributed by atoms with van der Waals surface area (Å²) in [6.45, 7) is 4.95. The van der Waals surface area contributed by atoms with Crippen LogP contribution in [0.5, 0.6) is 0 Å². The van der Waals surface area contributed by atoms with E-state index < -0.39 is 61.0 Å². The van der Waals surface area contributed by atoms with Gasteiger partial charge in [0.25, 0.3) is 0 Å². The summed E-state index contributed by atoms with van der Waals surface area (Å²) >= 11 is 0. The molecule has 0 unspecified atom stereocenters. The fourth-order valence-corrected chi connectivity index (χ4v) is 5.34. The molecule has 11 heteroatoms. The van der Waals surface area contributed by atoms with Crippen LogP contribution in [-0.2, 0) is 56.0 Å². The van der Waals surface area contributed by atoms with Gasteiger partial charge in [-0.1, -0.05) is 91.0 Å². The van der Waals surface area contributed by atoms with E-state index in [4.69, 9.17) is 28.4 Å². The van der Waals surface area contributed by atoms with Crippen LogP contribution in [0.1, 0.15) is 43.8 Å². The van der Waals surface area contributed by atoms with Gasteiger partial charge in [-0.25, -0.2) is 4.79 Å². The number of carbonyl (C=O) groups is 3. The van der Waals surface area contributed by atoms with E-state index in [1.54, 1.807) is 13.8 Å². The van der Waals surface area contributed by atoms with Crippen molar-refractivity contribution in [3.8, 4) is 0 Å². The quantitative estimate of drug-likeness (QED) is 0.288. The first-order chi connectivity index (χ1) is 22.3. The predicted octanol–water partition coefficient (Wildman–Crippen LogP) is 3.57. The Hall–Kier alpha value is -4.13. The molecule has 2 fully saturated rings. The fraction of sp³-hybridized carbons (Fsp3) is 0.400. The summed E-state index contributed by atoms with van der Waals surface area (Å²) in [6, 6.07) is 26.5. The molecule has 0 spiro atoms. The second kappa shape index (κ2) is 15.9. The molecular formula is C35H40N2O9. The summed E-state index contributed by atoms with van der Waals surface area (Å²) in [7, 11) is 0. The molecule has 0 aromatic heterocycles. The van der Waals surface area contributed by atoms with Crippen LogP contribution in [0.4, 0.5) is 0 Å². The fourth-order valence-electron chi connectivity index (χ4n) is 5.34. The minimum Gasteiger partial charge on any atom is -0.459 e. The lowest BCUT2D eigenvalue weighted by Crippen LogP contribution is -2.68. The van der Waals surface area contributed by atoms with Crippen molar-refractivity contribution < 1.29 is 42.8 Å². The van der Waals surface area contributed by atoms with Crippen LogP contribution in [-0.4, -0.2) is 67.2 Å². The van der Waals surface area contributed by atoms with Crippen LogP contribution >= 0.6 is 0 Å². The Kier molecular flexibility index (Phi) is 11.5. The number of hydrogen-bond acceptors (Lipinski definition) is 9. The monoisotopic (exact) mass is 632 g/mol. The molecule has 0 radical (unpaired) electrons. The molecule has 2 aliphatic heterocycles. The highest BCUT2D eigenvalue weighted by Gasteiger charge is 2.52. The van der Waals surface area contributed by atoms with Crippen molar-refractivity contribution in [2.75, 3.05) is 6.61 Å². The van der Waals surface area contributed by atoms with Gasteiger partial charge in [0.1, 0.15) is 43.1 Å². The molecule has 0 saturated carbocycles. The minimum absolute atomic E-state index is 0.0852. The van der Waals surface area contributed by atoms with Crippen molar-refractivity contribution in [3.05, 3.63) is 108 Å². The molecule has 5 rings (SSSR count). The van der Waals surface area contributed by atoms with Crippen molar-refractivity contribution in [3.63, 3.8) is 0 Å². The van der Waals surface area contributed by atoms with E-state index in [2.05, 4.69) is 10.6 Å². The van der Waals surface area contributed by atoms with Gasteiger partial charge < -0.3 is 39.1 Å². The maximum Gasteiger partial charge on any atom is 0.328 e. The molecule has 0 aliphatic carbocycles. The third-order valence-electron chi connectivity index (χ3n) is 7.70. The molecule has 2 N–H and O–H groups in total. The summed E-state index contributed by atoms with van der Waals surface area (Å²) in [4.78, 5) is 38.4. The highest BCUT2D eigenvalue weighted by Crippen LogP contribution is 2.36. The highest BCUT2D eigenvalue weighted by atomic mass is 16.8. The first kappa shape index (κ1) is 33.2. The standard InChI is InChI=1S/C35H40N2O9/c1-22(33(40)41-19-25-13-7-4-8-14-25)36-32(39)23(2)44-31-29(37-24(3)38)35(42-20-26-15-9-5-10-16-26)45-28-21-43-34(46-30(28)31)27-17-11-6-12-18-27/h4-18,22-23,28-31,34-35H,19-21H2,1-3H3,(H,36,39)(H,37,38)/t22-,23-,28+,29+,30-,31+,34-,35-/m1/s1. The number of carbonyl (C=O) groups excluding carboxylic acids is 3. The first-order valence-electron chi connectivity index (χ1n) is 15.3. The molecular weight excluding hydrogens is 592 g/mol. The van der Waals surface area contributed by atoms with Crippen LogP contribution in [0.2, 0.25) is 0 Å². The maximum absolute atomic E-state index is 13.3. The Balaban J connectivity index is 1.31. The predicted molar refractivity (Wildman–Crippen MR) is 166 cm³/mol. The molecule has 11 nitrogen and oxygen atoms in total. The summed E-state index contributed by atoms with van der Waals surface area (Å²) < 4.78 is 36.7. The summed E-state index contributed by atoms with van der Waals surface area (Å²) in [5, 5.41) is 5.57. The van der Waals surface area contributed by atoms with E-state index in [9.17, 15) is 14.4 Å². The van der Waals surface area contributed by atoms with E-state index in [1.807, 2.05) is 91.0 Å². The number of esters is 1. The summed E-state index contributed by atoms with van der Waals surface area (Å²) in [6.07, 6.45) is -4.98. The largest absolute Gasteiger partial charge is 0.459 e. The highest BCUT2D eigenvalue weighted by molar-refractivity contribution is 5.86. The zero-order chi connectivity index (χ0) is 32.5. The first-order valence-corrected chi connectivity index (χ1v) is 15.3. The molecule has 2 amide bonds. The Morgan fingerprint density at radius 2 is 1.46 bits per heavy atom. The smallest absolute Gasteiger partial charge is 0.328 e. The number of rotatable bonds is 12. The Labute approximate surface area is 268 Å². The molecule has 0 bridgehead atoms. The molecule has 2 heterocycles. The average molecular weight is 633 g/mol. The van der Waals surface area contributed by atoms with Crippen LogP contribution in [0.15, 0.2) is 91.0 Å². The second-order valence-electron chi connectivity index (χ2n) is 11.3. The van der Waals surface area contributed by atoms with Crippen LogP contribution < -0.4 is 10.6 Å². The minimum atomic E-state index is -1.05. The van der Waals surface area contributed by atoms with Gasteiger partial charge in [-0.3, -0.25) is 9.59 Å². The topological polar surface area (TPSA) is 131 Å². The number of benzene rings is 3. The SMILES string of the molecule is CC(=O)N[C@@H]1[C@H](OCc2ccccc2)O[C@H]2CO[C@@H](c3ccccc3)O[C@H]2[C@H]1O[C@H](C)C(=O)N[C@H](C)C(=O)OCc1ccccc1. The third kappa shape index (κ3) is 8.77. The van der Waals surface area contributed by atoms with Crippen molar-refractivity contribution in [1.29, 1.82) is 0 Å². The van der Waals surface area contributed by atoms with Crippen LogP contribution in [0.3, 0.4) is 0 Å². The van der Waals surface area contributed by atoms with Gasteiger partial charge in [0.15, 0.2) is 12.6 Å². The van der Waals surface area contributed by atoms with Crippen molar-refractivity contribution in [2.24, 2.45) is 0 Å². The number of nitrogens with one attached hydrogen (secondary N) is 2. The van der Waals surface area contributed by atoms with Crippen molar-refractivity contribution in [1.82, 2.24) is 10.6 Å². The van der Waals surface area contributed by atoms with E-state index >= 15 is 0 Å². The lowest BCUT2D eigenvalue weighted by molar-refractivity contribution is -0.351. The molecule has 2 saturated heterocycles. The van der Waals surface area contributed by atoms with Crippen molar-refractivity contribution >= 4 is 17.8 Å². The Morgan fingerprint density at radius 1 is 0.848 bits per heavy atom. The Morgan fingerprint density at radius 3 is 2.09 bits per heavy atom. The normalized spacial score (nSPS) is 25.4. The lowest BCUT2D eigenvalue weighted by Gasteiger charge is -2.49. The van der Waals surface area contributed by atoms with E-state index in [0.29, 0.717) is 0 Å². The van der Waals surface area contributed by atoms with E-state index in [1.165, 1.54) is 6.92 Å². The van der Waals surface area contributed by atoms with Gasteiger partial charge in [0, 0.05) is 12.5 Å². The number of fused-ring (bicyclic) bond motifs is 1. The van der Waals surface area contributed by atoms with Crippen molar-refractivity contribution in [2.45, 2.75) is 83.1 Å². The van der Waals surface area contributed by atoms with E-state index in [0.717, 1.165) is 16.7 Å². The van der Waals surface area contributed by atoms with Gasteiger partial charge in [-0.05, 0) is 25.0 Å². The maximum atomic E-state index is 13.3. The Bertz CT molecular complexity index is 1430. The van der Waals surface area contributed by atoms with Crippen LogP contribution in [0.25, 0.3) is 0 Å². The van der Waals surface area contributed by atoms with Gasteiger partial charge >= 0.3 is 5.97 Å². The second-order valence-corrected chi connectivity index (χ2v) is 11.3. The third-order valence-corrected chi connectivity index (χ3v) is 7.70. The summed E-state index contributed by atoms with van der Waals surface area (Å²) in [5.41, 5.74) is 2.54. The van der Waals surface area contributed by atoms with Crippen LogP contribution in [0, 0.1) is 0 Å². The average Bonchev–Trinajstić information content (AvgIpc) is 3.08. The van der Waals surface area contributed by atoms with Gasteiger partial charge in [-0.2, -0.15) is 0 Å². The zero-order valence-corrected chi connectivity index (χ0v) is 26.1. The lowest BCUT2D eigenvalue weighted by atomic mass is 9.95. The number of ether oxygens (including phenoxy) is 6. The molecule has 3 aromatic rings. The van der Waals surface area contributed by atoms with E-state index in [-0.39, 0.29) is 25.7 Å². The van der Waals surface area contributed by atoms with Gasteiger partial charge in [0.2, 0.25) is 11.8 Å². The summed E-state index contributed by atoms with van der Waals surface area (Å²) in [5.74, 6) is -1.46. The zero-order valence-electron chi connectivity index (χ0n) is 26.1. The number of amides is 2. The molecule has 3 aromatic carbocycles. The molecule has 244 valence electrons. The number of hydrogen-bond donors (Lipinski definition) is 2.